The molecule has 2 aliphatic rings. The van der Waals surface area contributed by atoms with Crippen molar-refractivity contribution >= 4 is 0 Å². The van der Waals surface area contributed by atoms with E-state index < -0.39 is 0 Å². The predicted octanol–water partition coefficient (Wildman–Crippen LogP) is 2.78. The van der Waals surface area contributed by atoms with E-state index in [1.807, 2.05) is 12.1 Å². The van der Waals surface area contributed by atoms with Crippen LogP contribution in [0.4, 0.5) is 0 Å². The largest absolute Gasteiger partial charge is 0.497 e. The Kier molecular flexibility index (Phi) is 4.27. The van der Waals surface area contributed by atoms with Gasteiger partial charge in [0.05, 0.1) is 13.2 Å². The first-order valence-electron chi connectivity index (χ1n) is 7.77. The van der Waals surface area contributed by atoms with Gasteiger partial charge >= 0.3 is 0 Å². The van der Waals surface area contributed by atoms with Crippen molar-refractivity contribution in [1.82, 2.24) is 5.32 Å². The van der Waals surface area contributed by atoms with Gasteiger partial charge in [0.15, 0.2) is 0 Å². The van der Waals surface area contributed by atoms with Crippen LogP contribution < -0.4 is 10.1 Å². The second kappa shape index (κ2) is 6.15. The molecule has 1 N–H and O–H groups in total. The minimum absolute atomic E-state index is 0.466. The van der Waals surface area contributed by atoms with Gasteiger partial charge in [-0.3, -0.25) is 0 Å². The number of methoxy groups -OCH3 is 1. The lowest BCUT2D eigenvalue weighted by Crippen LogP contribution is -2.43. The molecule has 0 amide bonds. The molecular formula is C17H25NO2. The highest BCUT2D eigenvalue weighted by Crippen LogP contribution is 2.38. The fourth-order valence-electron chi connectivity index (χ4n) is 3.22. The van der Waals surface area contributed by atoms with E-state index in [2.05, 4.69) is 24.4 Å². The minimum atomic E-state index is 0.466. The maximum absolute atomic E-state index is 5.89. The molecule has 20 heavy (non-hydrogen) atoms. The highest BCUT2D eigenvalue weighted by molar-refractivity contribution is 5.27. The van der Waals surface area contributed by atoms with Gasteiger partial charge in [-0.1, -0.05) is 12.1 Å². The molecule has 1 saturated carbocycles. The van der Waals surface area contributed by atoms with Gasteiger partial charge < -0.3 is 14.8 Å². The first-order valence-corrected chi connectivity index (χ1v) is 7.77. The van der Waals surface area contributed by atoms with Crippen LogP contribution in [-0.2, 0) is 11.2 Å². The van der Waals surface area contributed by atoms with E-state index in [-0.39, 0.29) is 0 Å². The molecule has 2 fully saturated rings. The number of rotatable bonds is 6. The van der Waals surface area contributed by atoms with Crippen molar-refractivity contribution in [1.29, 1.82) is 0 Å². The van der Waals surface area contributed by atoms with Gasteiger partial charge in [-0.2, -0.15) is 0 Å². The van der Waals surface area contributed by atoms with Gasteiger partial charge in [-0.15, -0.1) is 0 Å². The fourth-order valence-corrected chi connectivity index (χ4v) is 3.22. The van der Waals surface area contributed by atoms with E-state index >= 15 is 0 Å². The zero-order chi connectivity index (χ0) is 13.9. The van der Waals surface area contributed by atoms with Gasteiger partial charge in [0.1, 0.15) is 5.75 Å². The molecule has 1 aromatic rings. The quantitative estimate of drug-likeness (QED) is 0.866. The normalized spacial score (nSPS) is 27.5. The molecule has 3 atom stereocenters. The number of benzene rings is 1. The van der Waals surface area contributed by atoms with Crippen molar-refractivity contribution in [2.24, 2.45) is 5.92 Å². The molecule has 1 aliphatic heterocycles. The summed E-state index contributed by atoms with van der Waals surface area (Å²) in [5.74, 6) is 1.75. The average Bonchev–Trinajstić information content (AvgIpc) is 3.20. The van der Waals surface area contributed by atoms with Crippen molar-refractivity contribution in [2.75, 3.05) is 13.7 Å². The van der Waals surface area contributed by atoms with E-state index in [1.54, 1.807) is 7.11 Å². The van der Waals surface area contributed by atoms with E-state index in [0.29, 0.717) is 18.2 Å². The molecule has 3 unspecified atom stereocenters. The van der Waals surface area contributed by atoms with Crippen molar-refractivity contribution < 1.29 is 9.47 Å². The molecule has 3 rings (SSSR count). The van der Waals surface area contributed by atoms with Gasteiger partial charge in [0.25, 0.3) is 0 Å². The van der Waals surface area contributed by atoms with Crippen LogP contribution in [0.15, 0.2) is 24.3 Å². The zero-order valence-corrected chi connectivity index (χ0v) is 12.5. The lowest BCUT2D eigenvalue weighted by atomic mass is 10.0. The van der Waals surface area contributed by atoms with Crippen LogP contribution in [0, 0.1) is 5.92 Å². The first kappa shape index (κ1) is 13.9. The Morgan fingerprint density at radius 2 is 2.00 bits per heavy atom. The SMILES string of the molecule is COc1ccc(CC(C)NC2CCOC2C2CC2)cc1. The summed E-state index contributed by atoms with van der Waals surface area (Å²) in [6, 6.07) is 9.41. The van der Waals surface area contributed by atoms with Crippen LogP contribution in [0.2, 0.25) is 0 Å². The molecule has 3 nitrogen and oxygen atoms in total. The smallest absolute Gasteiger partial charge is 0.118 e. The standard InChI is InChI=1S/C17H25NO2/c1-12(11-13-3-7-15(19-2)8-4-13)18-16-9-10-20-17(16)14-5-6-14/h3-4,7-8,12,14,16-18H,5-6,9-11H2,1-2H3. The Balaban J connectivity index is 1.51. The van der Waals surface area contributed by atoms with Crippen LogP contribution in [0.1, 0.15) is 31.7 Å². The summed E-state index contributed by atoms with van der Waals surface area (Å²) in [6.07, 6.45) is 5.39. The third kappa shape index (κ3) is 3.33. The highest BCUT2D eigenvalue weighted by Gasteiger charge is 2.40. The lowest BCUT2D eigenvalue weighted by molar-refractivity contribution is 0.0793. The molecule has 1 saturated heterocycles. The lowest BCUT2D eigenvalue weighted by Gasteiger charge is -2.24. The number of hydrogen-bond acceptors (Lipinski definition) is 3. The van der Waals surface area contributed by atoms with Crippen LogP contribution in [0.25, 0.3) is 0 Å². The van der Waals surface area contributed by atoms with E-state index in [1.165, 1.54) is 18.4 Å². The predicted molar refractivity (Wildman–Crippen MR) is 80.2 cm³/mol. The molecule has 0 spiro atoms. The Labute approximate surface area is 121 Å². The second-order valence-electron chi connectivity index (χ2n) is 6.19. The number of ether oxygens (including phenoxy) is 2. The van der Waals surface area contributed by atoms with Crippen molar-refractivity contribution in [3.63, 3.8) is 0 Å². The molecular weight excluding hydrogens is 250 g/mol. The summed E-state index contributed by atoms with van der Waals surface area (Å²) in [5, 5.41) is 3.77. The number of nitrogens with one attached hydrogen (secondary N) is 1. The summed E-state index contributed by atoms with van der Waals surface area (Å²) in [5.41, 5.74) is 1.35. The average molecular weight is 275 g/mol. The highest BCUT2D eigenvalue weighted by atomic mass is 16.5. The van der Waals surface area contributed by atoms with Crippen molar-refractivity contribution in [3.8, 4) is 5.75 Å². The number of hydrogen-bond donors (Lipinski definition) is 1. The zero-order valence-electron chi connectivity index (χ0n) is 12.5. The summed E-state index contributed by atoms with van der Waals surface area (Å²) in [4.78, 5) is 0. The fraction of sp³-hybridized carbons (Fsp3) is 0.647. The van der Waals surface area contributed by atoms with E-state index in [0.717, 1.165) is 31.1 Å². The molecule has 0 aromatic heterocycles. The van der Waals surface area contributed by atoms with Crippen LogP contribution in [-0.4, -0.2) is 31.9 Å². The molecule has 0 bridgehead atoms. The van der Waals surface area contributed by atoms with Gasteiger partial charge in [0, 0.05) is 18.7 Å². The van der Waals surface area contributed by atoms with Crippen molar-refractivity contribution in [2.45, 2.75) is 50.8 Å². The summed E-state index contributed by atoms with van der Waals surface area (Å²) in [6.45, 7) is 3.20. The Morgan fingerprint density at radius 1 is 1.25 bits per heavy atom. The maximum atomic E-state index is 5.89. The maximum Gasteiger partial charge on any atom is 0.118 e. The van der Waals surface area contributed by atoms with Gasteiger partial charge in [-0.25, -0.2) is 0 Å². The molecule has 1 aromatic carbocycles. The van der Waals surface area contributed by atoms with Gasteiger partial charge in [0.2, 0.25) is 0 Å². The van der Waals surface area contributed by atoms with Crippen LogP contribution >= 0.6 is 0 Å². The topological polar surface area (TPSA) is 30.5 Å². The Morgan fingerprint density at radius 3 is 2.65 bits per heavy atom. The summed E-state index contributed by atoms with van der Waals surface area (Å²) >= 11 is 0. The molecule has 1 aliphatic carbocycles. The molecule has 3 heteroatoms. The van der Waals surface area contributed by atoms with Crippen molar-refractivity contribution in [3.05, 3.63) is 29.8 Å². The molecule has 110 valence electrons. The van der Waals surface area contributed by atoms with E-state index in [4.69, 9.17) is 9.47 Å². The third-order valence-corrected chi connectivity index (χ3v) is 4.42. The summed E-state index contributed by atoms with van der Waals surface area (Å²) in [7, 11) is 1.71. The first-order chi connectivity index (χ1) is 9.76. The molecule has 0 radical (unpaired) electrons. The van der Waals surface area contributed by atoms with E-state index in [9.17, 15) is 0 Å². The second-order valence-corrected chi connectivity index (χ2v) is 6.19. The molecule has 1 heterocycles. The minimum Gasteiger partial charge on any atom is -0.497 e. The summed E-state index contributed by atoms with van der Waals surface area (Å²) < 4.78 is 11.1. The van der Waals surface area contributed by atoms with Crippen LogP contribution in [0.3, 0.4) is 0 Å². The monoisotopic (exact) mass is 275 g/mol. The van der Waals surface area contributed by atoms with Crippen LogP contribution in [0.5, 0.6) is 5.75 Å². The van der Waals surface area contributed by atoms with Gasteiger partial charge in [-0.05, 0) is 56.2 Å². The third-order valence-electron chi connectivity index (χ3n) is 4.42. The Bertz CT molecular complexity index is 427. The Hall–Kier alpha value is -1.06.